The Bertz CT molecular complexity index is 565. The molecule has 5 heteroatoms. The van der Waals surface area contributed by atoms with Gasteiger partial charge >= 0.3 is 0 Å². The number of rotatable bonds is 1. The standard InChI is InChI=1S/C13H18N4S/c1-8-4-3-6-17(9(8)2)11-10-5-7-18-12(10)16-13(14)15-11/h5,7-9H,3-4,6H2,1-2H3,(H2,14,15,16). The molecule has 1 fully saturated rings. The van der Waals surface area contributed by atoms with Crippen LogP contribution in [0.5, 0.6) is 0 Å². The molecule has 2 atom stereocenters. The van der Waals surface area contributed by atoms with Gasteiger partial charge in [0.2, 0.25) is 5.95 Å². The Balaban J connectivity index is 2.10. The highest BCUT2D eigenvalue weighted by atomic mass is 32.1. The minimum atomic E-state index is 0.380. The lowest BCUT2D eigenvalue weighted by Gasteiger charge is -2.39. The van der Waals surface area contributed by atoms with Crippen LogP contribution in [0.2, 0.25) is 0 Å². The van der Waals surface area contributed by atoms with Gasteiger partial charge < -0.3 is 10.6 Å². The summed E-state index contributed by atoms with van der Waals surface area (Å²) in [5.41, 5.74) is 5.83. The molecular formula is C13H18N4S. The van der Waals surface area contributed by atoms with Crippen LogP contribution in [0.1, 0.15) is 26.7 Å². The fraction of sp³-hybridized carbons (Fsp3) is 0.538. The van der Waals surface area contributed by atoms with E-state index in [1.165, 1.54) is 12.8 Å². The molecule has 96 valence electrons. The van der Waals surface area contributed by atoms with Crippen LogP contribution in [0, 0.1) is 5.92 Å². The highest BCUT2D eigenvalue weighted by Gasteiger charge is 2.27. The fourth-order valence-electron chi connectivity index (χ4n) is 2.71. The number of fused-ring (bicyclic) bond motifs is 1. The molecule has 1 saturated heterocycles. The van der Waals surface area contributed by atoms with Crippen molar-refractivity contribution >= 4 is 33.3 Å². The summed E-state index contributed by atoms with van der Waals surface area (Å²) in [4.78, 5) is 12.2. The number of piperidine rings is 1. The molecule has 0 spiro atoms. The first-order chi connectivity index (χ1) is 8.66. The van der Waals surface area contributed by atoms with E-state index in [1.807, 2.05) is 0 Å². The van der Waals surface area contributed by atoms with E-state index in [9.17, 15) is 0 Å². The molecule has 2 aromatic heterocycles. The lowest BCUT2D eigenvalue weighted by molar-refractivity contribution is 0.362. The van der Waals surface area contributed by atoms with Gasteiger partial charge in [0, 0.05) is 12.6 Å². The predicted molar refractivity (Wildman–Crippen MR) is 77.0 cm³/mol. The van der Waals surface area contributed by atoms with Crippen molar-refractivity contribution in [3.63, 3.8) is 0 Å². The molecule has 0 bridgehead atoms. The molecule has 18 heavy (non-hydrogen) atoms. The normalized spacial score (nSPS) is 24.7. The van der Waals surface area contributed by atoms with Crippen molar-refractivity contribution in [2.24, 2.45) is 5.92 Å². The summed E-state index contributed by atoms with van der Waals surface area (Å²) >= 11 is 1.62. The topological polar surface area (TPSA) is 55.0 Å². The van der Waals surface area contributed by atoms with Crippen LogP contribution in [0.4, 0.5) is 11.8 Å². The summed E-state index contributed by atoms with van der Waals surface area (Å²) in [5.74, 6) is 2.09. The lowest BCUT2D eigenvalue weighted by Crippen LogP contribution is -2.43. The first-order valence-corrected chi connectivity index (χ1v) is 7.32. The van der Waals surface area contributed by atoms with Crippen molar-refractivity contribution in [3.05, 3.63) is 11.4 Å². The van der Waals surface area contributed by atoms with Gasteiger partial charge in [-0.2, -0.15) is 4.98 Å². The molecule has 1 aliphatic rings. The number of nitrogens with two attached hydrogens (primary N) is 1. The van der Waals surface area contributed by atoms with Gasteiger partial charge in [0.25, 0.3) is 0 Å². The van der Waals surface area contributed by atoms with Crippen LogP contribution in [-0.2, 0) is 0 Å². The van der Waals surface area contributed by atoms with Crippen molar-refractivity contribution in [2.45, 2.75) is 32.7 Å². The predicted octanol–water partition coefficient (Wildman–Crippen LogP) is 2.90. The summed E-state index contributed by atoms with van der Waals surface area (Å²) in [5, 5.41) is 3.19. The molecule has 0 radical (unpaired) electrons. The van der Waals surface area contributed by atoms with Gasteiger partial charge in [-0.15, -0.1) is 11.3 Å². The third-order valence-corrected chi connectivity index (χ3v) is 4.77. The van der Waals surface area contributed by atoms with Crippen LogP contribution >= 0.6 is 11.3 Å². The second-order valence-electron chi connectivity index (χ2n) is 5.10. The molecule has 1 aliphatic heterocycles. The Labute approximate surface area is 111 Å². The average Bonchev–Trinajstić information content (AvgIpc) is 2.79. The Hall–Kier alpha value is -1.36. The first kappa shape index (κ1) is 11.7. The Morgan fingerprint density at radius 1 is 1.39 bits per heavy atom. The third-order valence-electron chi connectivity index (χ3n) is 3.97. The summed E-state index contributed by atoms with van der Waals surface area (Å²) in [6.07, 6.45) is 2.52. The van der Waals surface area contributed by atoms with E-state index in [-0.39, 0.29) is 0 Å². The number of hydrogen-bond donors (Lipinski definition) is 1. The SMILES string of the molecule is CC1CCCN(c2nc(N)nc3sccc23)C1C. The Morgan fingerprint density at radius 3 is 3.06 bits per heavy atom. The van der Waals surface area contributed by atoms with Gasteiger partial charge in [-0.1, -0.05) is 6.92 Å². The zero-order valence-electron chi connectivity index (χ0n) is 10.8. The van der Waals surface area contributed by atoms with Crippen LogP contribution in [-0.4, -0.2) is 22.6 Å². The van der Waals surface area contributed by atoms with E-state index in [1.54, 1.807) is 11.3 Å². The number of aromatic nitrogens is 2. The highest BCUT2D eigenvalue weighted by molar-refractivity contribution is 7.16. The van der Waals surface area contributed by atoms with Gasteiger partial charge in [-0.3, -0.25) is 0 Å². The lowest BCUT2D eigenvalue weighted by atomic mass is 9.92. The summed E-state index contributed by atoms with van der Waals surface area (Å²) in [6, 6.07) is 2.61. The molecule has 0 aromatic carbocycles. The summed E-state index contributed by atoms with van der Waals surface area (Å²) in [6.45, 7) is 5.65. The number of hydrogen-bond acceptors (Lipinski definition) is 5. The quantitative estimate of drug-likeness (QED) is 0.858. The Morgan fingerprint density at radius 2 is 2.22 bits per heavy atom. The monoisotopic (exact) mass is 262 g/mol. The largest absolute Gasteiger partial charge is 0.368 e. The van der Waals surface area contributed by atoms with E-state index >= 15 is 0 Å². The van der Waals surface area contributed by atoms with Crippen LogP contribution in [0.3, 0.4) is 0 Å². The number of nitrogens with zero attached hydrogens (tertiary/aromatic N) is 3. The number of thiophene rings is 1. The maximum Gasteiger partial charge on any atom is 0.223 e. The summed E-state index contributed by atoms with van der Waals surface area (Å²) < 4.78 is 0. The van der Waals surface area contributed by atoms with Gasteiger partial charge in [0.1, 0.15) is 10.6 Å². The third kappa shape index (κ3) is 1.82. The highest BCUT2D eigenvalue weighted by Crippen LogP contribution is 2.33. The van der Waals surface area contributed by atoms with Crippen molar-refractivity contribution in [2.75, 3.05) is 17.2 Å². The Kier molecular flexibility index (Phi) is 2.86. The van der Waals surface area contributed by atoms with Gasteiger partial charge in [0.15, 0.2) is 0 Å². The van der Waals surface area contributed by atoms with Gasteiger partial charge in [-0.05, 0) is 37.1 Å². The van der Waals surface area contributed by atoms with Crippen LogP contribution in [0.15, 0.2) is 11.4 Å². The van der Waals surface area contributed by atoms with Crippen LogP contribution < -0.4 is 10.6 Å². The van der Waals surface area contributed by atoms with Crippen molar-refractivity contribution in [3.8, 4) is 0 Å². The van der Waals surface area contributed by atoms with Gasteiger partial charge in [-0.25, -0.2) is 4.98 Å². The molecule has 3 rings (SSSR count). The second kappa shape index (κ2) is 4.39. The zero-order valence-corrected chi connectivity index (χ0v) is 11.6. The summed E-state index contributed by atoms with van der Waals surface area (Å²) in [7, 11) is 0. The molecule has 2 unspecified atom stereocenters. The maximum absolute atomic E-state index is 5.83. The van der Waals surface area contributed by atoms with Crippen molar-refractivity contribution in [1.82, 2.24) is 9.97 Å². The van der Waals surface area contributed by atoms with E-state index in [0.29, 0.717) is 17.9 Å². The first-order valence-electron chi connectivity index (χ1n) is 6.44. The van der Waals surface area contributed by atoms with Crippen molar-refractivity contribution in [1.29, 1.82) is 0 Å². The van der Waals surface area contributed by atoms with E-state index < -0.39 is 0 Å². The molecule has 2 N–H and O–H groups in total. The van der Waals surface area contributed by atoms with Gasteiger partial charge in [0.05, 0.1) is 5.39 Å². The molecular weight excluding hydrogens is 244 g/mol. The molecule has 2 aromatic rings. The van der Waals surface area contributed by atoms with E-state index in [2.05, 4.69) is 40.2 Å². The maximum atomic E-state index is 5.83. The van der Waals surface area contributed by atoms with E-state index in [4.69, 9.17) is 5.73 Å². The minimum Gasteiger partial charge on any atom is -0.368 e. The number of anilines is 2. The molecule has 0 aliphatic carbocycles. The fourth-order valence-corrected chi connectivity index (χ4v) is 3.47. The van der Waals surface area contributed by atoms with Crippen molar-refractivity contribution < 1.29 is 0 Å². The van der Waals surface area contributed by atoms with E-state index in [0.717, 1.165) is 22.6 Å². The molecule has 4 nitrogen and oxygen atoms in total. The molecule has 3 heterocycles. The molecule has 0 saturated carbocycles. The average molecular weight is 262 g/mol. The minimum absolute atomic E-state index is 0.380. The second-order valence-corrected chi connectivity index (χ2v) is 5.99. The smallest absolute Gasteiger partial charge is 0.223 e. The zero-order chi connectivity index (χ0) is 12.7. The van der Waals surface area contributed by atoms with Crippen LogP contribution in [0.25, 0.3) is 10.2 Å². The molecule has 0 amide bonds. The number of nitrogen functional groups attached to an aromatic ring is 1.